The molecule has 34 heavy (non-hydrogen) atoms. The Kier molecular flexibility index (Phi) is 9.74. The van der Waals surface area contributed by atoms with Crippen molar-refractivity contribution in [3.63, 3.8) is 0 Å². The number of aliphatic hydroxyl groups is 1. The first-order valence-corrected chi connectivity index (χ1v) is 11.2. The van der Waals surface area contributed by atoms with Gasteiger partial charge in [-0.1, -0.05) is 36.4 Å². The van der Waals surface area contributed by atoms with Gasteiger partial charge in [-0.15, -0.1) is 0 Å². The van der Waals surface area contributed by atoms with Crippen LogP contribution in [0, 0.1) is 5.92 Å². The summed E-state index contributed by atoms with van der Waals surface area (Å²) in [7, 11) is 3.04. The molecular weight excluding hydrogens is 438 g/mol. The topological polar surface area (TPSA) is 114 Å². The van der Waals surface area contributed by atoms with Gasteiger partial charge < -0.3 is 29.7 Å². The van der Waals surface area contributed by atoms with Crippen LogP contribution >= 0.6 is 0 Å². The largest absolute Gasteiger partial charge is 0.497 e. The van der Waals surface area contributed by atoms with Gasteiger partial charge in [-0.2, -0.15) is 0 Å². The molecule has 0 radical (unpaired) electrons. The smallest absolute Gasteiger partial charge is 0.407 e. The number of benzene rings is 2. The van der Waals surface area contributed by atoms with E-state index in [-0.39, 0.29) is 12.8 Å². The van der Waals surface area contributed by atoms with Crippen molar-refractivity contribution in [1.82, 2.24) is 5.32 Å². The molecular formula is C26H35NO7. The first kappa shape index (κ1) is 27.0. The first-order valence-electron chi connectivity index (χ1n) is 11.2. The van der Waals surface area contributed by atoms with E-state index in [2.05, 4.69) is 5.32 Å². The summed E-state index contributed by atoms with van der Waals surface area (Å²) in [6.45, 7) is 5.24. The fourth-order valence-electron chi connectivity index (χ4n) is 3.62. The van der Waals surface area contributed by atoms with Gasteiger partial charge in [0.05, 0.1) is 32.3 Å². The molecule has 0 aliphatic carbocycles. The van der Waals surface area contributed by atoms with Crippen LogP contribution in [0.1, 0.15) is 38.3 Å². The zero-order valence-electron chi connectivity index (χ0n) is 20.4. The maximum Gasteiger partial charge on any atom is 0.407 e. The lowest BCUT2D eigenvalue weighted by atomic mass is 9.89. The molecule has 0 spiro atoms. The summed E-state index contributed by atoms with van der Waals surface area (Å²) >= 11 is 0. The molecule has 0 aliphatic rings. The van der Waals surface area contributed by atoms with Crippen LogP contribution in [0.3, 0.4) is 0 Å². The normalized spacial score (nSPS) is 13.9. The number of methoxy groups -OCH3 is 2. The van der Waals surface area contributed by atoms with E-state index < -0.39 is 35.7 Å². The van der Waals surface area contributed by atoms with E-state index in [1.54, 1.807) is 39.0 Å². The number of rotatable bonds is 11. The molecule has 186 valence electrons. The third kappa shape index (κ3) is 8.59. The standard InChI is InChI=1S/C26H35NO7/c1-26(2,3)34-25(31)27-21(13-17-9-7-6-8-10-17)22(28)15-19(24(29)30)14-18-11-12-20(32-4)16-23(18)33-5/h6-12,16,19,21-22,28H,13-15H2,1-5H3,(H,27,31)(H,29,30)/t19-,21+,22+/m1/s1. The number of alkyl carbamates (subject to hydrolysis) is 1. The summed E-state index contributed by atoms with van der Waals surface area (Å²) in [4.78, 5) is 24.5. The van der Waals surface area contributed by atoms with Crippen molar-refractivity contribution >= 4 is 12.1 Å². The lowest BCUT2D eigenvalue weighted by Gasteiger charge is -2.28. The van der Waals surface area contributed by atoms with Crippen molar-refractivity contribution in [2.45, 2.75) is 57.8 Å². The van der Waals surface area contributed by atoms with Crippen LogP contribution in [0.5, 0.6) is 11.5 Å². The van der Waals surface area contributed by atoms with Gasteiger partial charge in [-0.05, 0) is 57.2 Å². The number of ether oxygens (including phenoxy) is 3. The zero-order chi connectivity index (χ0) is 25.3. The summed E-state index contributed by atoms with van der Waals surface area (Å²) in [5.41, 5.74) is 0.870. The van der Waals surface area contributed by atoms with Gasteiger partial charge >= 0.3 is 12.1 Å². The lowest BCUT2D eigenvalue weighted by molar-refractivity contribution is -0.143. The molecule has 0 aliphatic heterocycles. The van der Waals surface area contributed by atoms with Gasteiger partial charge in [-0.3, -0.25) is 4.79 Å². The number of carboxylic acids is 1. The number of aliphatic hydroxyl groups excluding tert-OH is 1. The Labute approximate surface area is 200 Å². The number of carbonyl (C=O) groups excluding carboxylic acids is 1. The monoisotopic (exact) mass is 473 g/mol. The molecule has 0 unspecified atom stereocenters. The summed E-state index contributed by atoms with van der Waals surface area (Å²) in [5.74, 6) is -0.853. The number of hydrogen-bond acceptors (Lipinski definition) is 6. The summed E-state index contributed by atoms with van der Waals surface area (Å²) < 4.78 is 15.9. The predicted molar refractivity (Wildman–Crippen MR) is 128 cm³/mol. The predicted octanol–water partition coefficient (Wildman–Crippen LogP) is 3.83. The molecule has 0 fully saturated rings. The Balaban J connectivity index is 2.21. The average Bonchev–Trinajstić information content (AvgIpc) is 2.77. The summed E-state index contributed by atoms with van der Waals surface area (Å²) in [6.07, 6.45) is -1.41. The molecule has 0 heterocycles. The van der Waals surface area contributed by atoms with Gasteiger partial charge in [0.15, 0.2) is 0 Å². The van der Waals surface area contributed by atoms with Crippen LogP contribution in [0.4, 0.5) is 4.79 Å². The highest BCUT2D eigenvalue weighted by Crippen LogP contribution is 2.28. The molecule has 1 amide bonds. The number of nitrogens with one attached hydrogen (secondary N) is 1. The number of aliphatic carboxylic acids is 1. The van der Waals surface area contributed by atoms with Gasteiger partial charge in [0, 0.05) is 6.07 Å². The molecule has 0 saturated carbocycles. The lowest BCUT2D eigenvalue weighted by Crippen LogP contribution is -2.47. The molecule has 3 N–H and O–H groups in total. The molecule has 8 nitrogen and oxygen atoms in total. The SMILES string of the molecule is COc1ccc(C[C@H](C[C@H](O)[C@H](Cc2ccccc2)NC(=O)OC(C)(C)C)C(=O)O)c(OC)c1. The zero-order valence-corrected chi connectivity index (χ0v) is 20.4. The third-order valence-electron chi connectivity index (χ3n) is 5.30. The van der Waals surface area contributed by atoms with Crippen LogP contribution < -0.4 is 14.8 Å². The molecule has 8 heteroatoms. The summed E-state index contributed by atoms with van der Waals surface area (Å²) in [6, 6.07) is 13.8. The minimum Gasteiger partial charge on any atom is -0.497 e. The molecule has 2 aromatic carbocycles. The highest BCUT2D eigenvalue weighted by atomic mass is 16.6. The Morgan fingerprint density at radius 2 is 1.68 bits per heavy atom. The summed E-state index contributed by atoms with van der Waals surface area (Å²) in [5, 5.41) is 23.6. The van der Waals surface area contributed by atoms with E-state index in [1.165, 1.54) is 14.2 Å². The van der Waals surface area contributed by atoms with Crippen LogP contribution in [0.2, 0.25) is 0 Å². The van der Waals surface area contributed by atoms with E-state index in [0.29, 0.717) is 23.5 Å². The number of carboxylic acid groups (broad SMARTS) is 1. The Morgan fingerprint density at radius 1 is 1.00 bits per heavy atom. The fourth-order valence-corrected chi connectivity index (χ4v) is 3.62. The van der Waals surface area contributed by atoms with E-state index in [9.17, 15) is 19.8 Å². The van der Waals surface area contributed by atoms with E-state index in [0.717, 1.165) is 5.56 Å². The van der Waals surface area contributed by atoms with Crippen LogP contribution in [-0.2, 0) is 22.4 Å². The highest BCUT2D eigenvalue weighted by molar-refractivity contribution is 5.71. The van der Waals surface area contributed by atoms with Gasteiger partial charge in [0.2, 0.25) is 0 Å². The maximum atomic E-state index is 12.4. The molecule has 0 aromatic heterocycles. The molecule has 0 bridgehead atoms. The first-order chi connectivity index (χ1) is 16.0. The van der Waals surface area contributed by atoms with Gasteiger partial charge in [0.1, 0.15) is 17.1 Å². The minimum atomic E-state index is -1.13. The highest BCUT2D eigenvalue weighted by Gasteiger charge is 2.30. The van der Waals surface area contributed by atoms with Gasteiger partial charge in [-0.25, -0.2) is 4.79 Å². The number of amides is 1. The van der Waals surface area contributed by atoms with Crippen molar-refractivity contribution in [3.8, 4) is 11.5 Å². The molecule has 3 atom stereocenters. The maximum absolute atomic E-state index is 12.4. The minimum absolute atomic E-state index is 0.0716. The van der Waals surface area contributed by atoms with E-state index in [4.69, 9.17) is 14.2 Å². The molecule has 2 aromatic rings. The second kappa shape index (κ2) is 12.3. The Morgan fingerprint density at radius 3 is 2.24 bits per heavy atom. The molecule has 2 rings (SSSR count). The van der Waals surface area contributed by atoms with Crippen LogP contribution in [0.25, 0.3) is 0 Å². The van der Waals surface area contributed by atoms with E-state index >= 15 is 0 Å². The van der Waals surface area contributed by atoms with Crippen LogP contribution in [-0.4, -0.2) is 54.2 Å². The van der Waals surface area contributed by atoms with Crippen molar-refractivity contribution in [2.24, 2.45) is 5.92 Å². The van der Waals surface area contributed by atoms with Crippen molar-refractivity contribution in [3.05, 3.63) is 59.7 Å². The second-order valence-corrected chi connectivity index (χ2v) is 9.16. The second-order valence-electron chi connectivity index (χ2n) is 9.16. The Hall–Kier alpha value is -3.26. The number of carbonyl (C=O) groups is 2. The Bertz CT molecular complexity index is 940. The third-order valence-corrected chi connectivity index (χ3v) is 5.30. The van der Waals surface area contributed by atoms with Crippen molar-refractivity contribution in [2.75, 3.05) is 14.2 Å². The number of hydrogen-bond donors (Lipinski definition) is 3. The molecule has 0 saturated heterocycles. The average molecular weight is 474 g/mol. The van der Waals surface area contributed by atoms with Crippen molar-refractivity contribution in [1.29, 1.82) is 0 Å². The fraction of sp³-hybridized carbons (Fsp3) is 0.462. The quantitative estimate of drug-likeness (QED) is 0.454. The van der Waals surface area contributed by atoms with Crippen LogP contribution in [0.15, 0.2) is 48.5 Å². The van der Waals surface area contributed by atoms with E-state index in [1.807, 2.05) is 30.3 Å². The van der Waals surface area contributed by atoms with Gasteiger partial charge in [0.25, 0.3) is 0 Å². The van der Waals surface area contributed by atoms with Crippen molar-refractivity contribution < 1.29 is 34.0 Å².